The summed E-state index contributed by atoms with van der Waals surface area (Å²) in [6.45, 7) is 10.4. The third-order valence-corrected chi connectivity index (χ3v) is 3.21. The van der Waals surface area contributed by atoms with Crippen LogP contribution < -0.4 is 5.32 Å². The molecule has 0 aliphatic carbocycles. The van der Waals surface area contributed by atoms with E-state index in [2.05, 4.69) is 34.3 Å². The van der Waals surface area contributed by atoms with Crippen molar-refractivity contribution in [3.8, 4) is 11.3 Å². The average molecular weight is 304 g/mol. The van der Waals surface area contributed by atoms with Gasteiger partial charge in [-0.1, -0.05) is 19.0 Å². The molecule has 0 atom stereocenters. The van der Waals surface area contributed by atoms with E-state index in [0.29, 0.717) is 11.7 Å². The average Bonchev–Trinajstić information content (AvgIpc) is 2.93. The second-order valence-corrected chi connectivity index (χ2v) is 5.46. The Morgan fingerprint density at radius 2 is 2.18 bits per heavy atom. The quantitative estimate of drug-likeness (QED) is 0.753. The summed E-state index contributed by atoms with van der Waals surface area (Å²) in [7, 11) is 0. The zero-order chi connectivity index (χ0) is 15.9. The van der Waals surface area contributed by atoms with E-state index in [1.807, 2.05) is 19.9 Å². The minimum atomic E-state index is 0.271. The first kappa shape index (κ1) is 16.4. The van der Waals surface area contributed by atoms with Crippen LogP contribution in [0.1, 0.15) is 44.5 Å². The molecule has 0 fully saturated rings. The number of hydrogen-bond donors (Lipinski definition) is 1. The lowest BCUT2D eigenvalue weighted by Gasteiger charge is -2.12. The van der Waals surface area contributed by atoms with Crippen LogP contribution >= 0.6 is 0 Å². The van der Waals surface area contributed by atoms with Crippen LogP contribution in [-0.4, -0.2) is 34.9 Å². The summed E-state index contributed by atoms with van der Waals surface area (Å²) in [6.07, 6.45) is 2.73. The lowest BCUT2D eigenvalue weighted by molar-refractivity contribution is 0.147. The van der Waals surface area contributed by atoms with Crippen molar-refractivity contribution in [1.29, 1.82) is 0 Å². The maximum atomic E-state index is 5.34. The van der Waals surface area contributed by atoms with Crippen molar-refractivity contribution in [2.75, 3.05) is 25.1 Å². The first-order chi connectivity index (χ1) is 10.6. The molecule has 0 aliphatic heterocycles. The molecule has 0 saturated heterocycles. The van der Waals surface area contributed by atoms with E-state index in [1.165, 1.54) is 0 Å². The molecule has 0 radical (unpaired) electrons. The molecule has 2 aromatic heterocycles. The van der Waals surface area contributed by atoms with Gasteiger partial charge in [0.05, 0.1) is 17.0 Å². The molecule has 2 rings (SSSR count). The van der Waals surface area contributed by atoms with Gasteiger partial charge in [0.1, 0.15) is 0 Å². The zero-order valence-corrected chi connectivity index (χ0v) is 13.7. The molecule has 0 aliphatic rings. The standard InChI is InChI=1S/C16H24N4O2/c1-5-21-8-6-7-17-16-18-10-13(15(19-16)11(2)3)14-9-12(4)20-22-14/h9-11H,5-8H2,1-4H3,(H,17,18,19). The predicted octanol–water partition coefficient (Wildman–Crippen LogP) is 3.40. The minimum absolute atomic E-state index is 0.271. The van der Waals surface area contributed by atoms with Crippen LogP contribution in [0.15, 0.2) is 16.8 Å². The Balaban J connectivity index is 2.10. The molecule has 0 saturated carbocycles. The molecule has 6 nitrogen and oxygen atoms in total. The van der Waals surface area contributed by atoms with Crippen molar-refractivity contribution in [3.63, 3.8) is 0 Å². The number of hydrogen-bond acceptors (Lipinski definition) is 6. The normalized spacial score (nSPS) is 11.1. The van der Waals surface area contributed by atoms with Crippen LogP contribution in [0.3, 0.4) is 0 Å². The van der Waals surface area contributed by atoms with Gasteiger partial charge in [0, 0.05) is 32.0 Å². The van der Waals surface area contributed by atoms with Crippen LogP contribution in [0.25, 0.3) is 11.3 Å². The van der Waals surface area contributed by atoms with Gasteiger partial charge in [0.2, 0.25) is 5.95 Å². The van der Waals surface area contributed by atoms with Crippen molar-refractivity contribution in [3.05, 3.63) is 23.7 Å². The molecule has 120 valence electrons. The van der Waals surface area contributed by atoms with E-state index in [1.54, 1.807) is 6.20 Å². The molecule has 0 unspecified atom stereocenters. The molecule has 2 heterocycles. The van der Waals surface area contributed by atoms with Crippen molar-refractivity contribution < 1.29 is 9.26 Å². The highest BCUT2D eigenvalue weighted by molar-refractivity contribution is 5.61. The van der Waals surface area contributed by atoms with Gasteiger partial charge in [-0.15, -0.1) is 0 Å². The Hall–Kier alpha value is -1.95. The monoisotopic (exact) mass is 304 g/mol. The molecule has 22 heavy (non-hydrogen) atoms. The van der Waals surface area contributed by atoms with Gasteiger partial charge in [-0.3, -0.25) is 0 Å². The summed E-state index contributed by atoms with van der Waals surface area (Å²) >= 11 is 0. The maximum absolute atomic E-state index is 5.34. The number of rotatable bonds is 8. The Kier molecular flexibility index (Phi) is 5.89. The first-order valence-corrected chi connectivity index (χ1v) is 7.74. The van der Waals surface area contributed by atoms with Gasteiger partial charge < -0.3 is 14.6 Å². The predicted molar refractivity (Wildman–Crippen MR) is 86.0 cm³/mol. The Morgan fingerprint density at radius 3 is 2.82 bits per heavy atom. The maximum Gasteiger partial charge on any atom is 0.222 e. The fourth-order valence-corrected chi connectivity index (χ4v) is 2.12. The van der Waals surface area contributed by atoms with E-state index in [4.69, 9.17) is 9.26 Å². The summed E-state index contributed by atoms with van der Waals surface area (Å²) in [5.41, 5.74) is 2.71. The molecule has 1 N–H and O–H groups in total. The van der Waals surface area contributed by atoms with Gasteiger partial charge in [-0.25, -0.2) is 9.97 Å². The van der Waals surface area contributed by atoms with Gasteiger partial charge in [0.25, 0.3) is 0 Å². The summed E-state index contributed by atoms with van der Waals surface area (Å²) in [5, 5.41) is 7.17. The molecule has 6 heteroatoms. The van der Waals surface area contributed by atoms with Gasteiger partial charge >= 0.3 is 0 Å². The molecule has 2 aromatic rings. The smallest absolute Gasteiger partial charge is 0.222 e. The summed E-state index contributed by atoms with van der Waals surface area (Å²) in [6, 6.07) is 1.90. The van der Waals surface area contributed by atoms with Crippen LogP contribution in [0, 0.1) is 6.92 Å². The number of aryl methyl sites for hydroxylation is 1. The van der Waals surface area contributed by atoms with Gasteiger partial charge in [0.15, 0.2) is 5.76 Å². The third kappa shape index (κ3) is 4.27. The van der Waals surface area contributed by atoms with Gasteiger partial charge in [-0.2, -0.15) is 0 Å². The van der Waals surface area contributed by atoms with E-state index in [-0.39, 0.29) is 5.92 Å². The topological polar surface area (TPSA) is 73.1 Å². The van der Waals surface area contributed by atoms with E-state index in [0.717, 1.165) is 43.1 Å². The van der Waals surface area contributed by atoms with E-state index >= 15 is 0 Å². The SMILES string of the molecule is CCOCCCNc1ncc(-c2cc(C)no2)c(C(C)C)n1. The highest BCUT2D eigenvalue weighted by atomic mass is 16.5. The van der Waals surface area contributed by atoms with Crippen LogP contribution in [0.4, 0.5) is 5.95 Å². The highest BCUT2D eigenvalue weighted by Gasteiger charge is 2.15. The van der Waals surface area contributed by atoms with Gasteiger partial charge in [-0.05, 0) is 26.2 Å². The van der Waals surface area contributed by atoms with Crippen molar-refractivity contribution in [1.82, 2.24) is 15.1 Å². The summed E-state index contributed by atoms with van der Waals surface area (Å²) in [5.74, 6) is 1.62. The fraction of sp³-hybridized carbons (Fsp3) is 0.562. The lowest BCUT2D eigenvalue weighted by Crippen LogP contribution is -2.10. The Bertz CT molecular complexity index is 596. The van der Waals surface area contributed by atoms with E-state index in [9.17, 15) is 0 Å². The Morgan fingerprint density at radius 1 is 1.36 bits per heavy atom. The second kappa shape index (κ2) is 7.89. The first-order valence-electron chi connectivity index (χ1n) is 7.74. The summed E-state index contributed by atoms with van der Waals surface area (Å²) < 4.78 is 10.7. The minimum Gasteiger partial charge on any atom is -0.382 e. The number of aromatic nitrogens is 3. The van der Waals surface area contributed by atoms with Crippen molar-refractivity contribution in [2.45, 2.75) is 40.0 Å². The van der Waals surface area contributed by atoms with Crippen molar-refractivity contribution in [2.24, 2.45) is 0 Å². The number of ether oxygens (including phenoxy) is 1. The van der Waals surface area contributed by atoms with Crippen LogP contribution in [-0.2, 0) is 4.74 Å². The zero-order valence-electron chi connectivity index (χ0n) is 13.7. The fourth-order valence-electron chi connectivity index (χ4n) is 2.12. The van der Waals surface area contributed by atoms with Crippen molar-refractivity contribution >= 4 is 5.95 Å². The molecule has 0 aromatic carbocycles. The largest absolute Gasteiger partial charge is 0.382 e. The van der Waals surface area contributed by atoms with Crippen LogP contribution in [0.2, 0.25) is 0 Å². The molecule has 0 spiro atoms. The molecular weight excluding hydrogens is 280 g/mol. The second-order valence-electron chi connectivity index (χ2n) is 5.46. The summed E-state index contributed by atoms with van der Waals surface area (Å²) in [4.78, 5) is 9.00. The Labute approximate surface area is 131 Å². The molecule has 0 bridgehead atoms. The molecular formula is C16H24N4O2. The molecule has 0 amide bonds. The number of nitrogens with one attached hydrogen (secondary N) is 1. The highest BCUT2D eigenvalue weighted by Crippen LogP contribution is 2.28. The number of nitrogens with zero attached hydrogens (tertiary/aromatic N) is 3. The van der Waals surface area contributed by atoms with Crippen LogP contribution in [0.5, 0.6) is 0 Å². The van der Waals surface area contributed by atoms with E-state index < -0.39 is 0 Å². The lowest BCUT2D eigenvalue weighted by atomic mass is 10.0. The number of anilines is 1. The third-order valence-electron chi connectivity index (χ3n) is 3.21.